The van der Waals surface area contributed by atoms with Gasteiger partial charge in [-0.05, 0) is 12.5 Å². The van der Waals surface area contributed by atoms with Gasteiger partial charge in [0, 0.05) is 12.6 Å². The van der Waals surface area contributed by atoms with Gasteiger partial charge in [0.2, 0.25) is 5.91 Å². The van der Waals surface area contributed by atoms with Crippen LogP contribution in [0.4, 0.5) is 5.82 Å². The number of carbonyl (C=O) groups is 2. The molecule has 0 saturated carbocycles. The highest BCUT2D eigenvalue weighted by Crippen LogP contribution is 2.28. The summed E-state index contributed by atoms with van der Waals surface area (Å²) in [5, 5.41) is 31.5. The molecule has 2 rings (SSSR count). The molecule has 36 heavy (non-hydrogen) atoms. The number of esters is 1. The monoisotopic (exact) mass is 511 g/mol. The maximum atomic E-state index is 12.3. The molecule has 11 nitrogen and oxygen atoms in total. The van der Waals surface area contributed by atoms with Crippen LogP contribution in [-0.2, 0) is 19.1 Å². The largest absolute Gasteiger partial charge is 0.466 e. The van der Waals surface area contributed by atoms with Crippen molar-refractivity contribution in [1.82, 2.24) is 9.55 Å². The fourth-order valence-electron chi connectivity index (χ4n) is 4.05. The lowest BCUT2D eigenvalue weighted by Gasteiger charge is -2.17. The van der Waals surface area contributed by atoms with E-state index in [0.29, 0.717) is 6.61 Å². The molecule has 0 aliphatic carbocycles. The van der Waals surface area contributed by atoms with Gasteiger partial charge in [0.15, 0.2) is 6.23 Å². The van der Waals surface area contributed by atoms with Crippen molar-refractivity contribution >= 4 is 17.7 Å². The van der Waals surface area contributed by atoms with E-state index in [2.05, 4.69) is 17.2 Å². The number of anilines is 1. The summed E-state index contributed by atoms with van der Waals surface area (Å²) in [5.74, 6) is -0.969. The molecule has 0 bridgehead atoms. The maximum absolute atomic E-state index is 12.3. The van der Waals surface area contributed by atoms with Gasteiger partial charge in [0.1, 0.15) is 24.1 Å². The number of aliphatic hydroxyl groups excluding tert-OH is 3. The fraction of sp³-hybridized carbons (Fsp3) is 0.760. The molecule has 0 radical (unpaired) electrons. The van der Waals surface area contributed by atoms with Crippen LogP contribution >= 0.6 is 0 Å². The van der Waals surface area contributed by atoms with E-state index in [1.54, 1.807) is 0 Å². The van der Waals surface area contributed by atoms with Gasteiger partial charge in [-0.2, -0.15) is 4.98 Å². The minimum Gasteiger partial charge on any atom is -0.466 e. The summed E-state index contributed by atoms with van der Waals surface area (Å²) in [6.45, 7) is 2.04. The van der Waals surface area contributed by atoms with Gasteiger partial charge in [-0.25, -0.2) is 4.79 Å². The Bertz CT molecular complexity index is 862. The summed E-state index contributed by atoms with van der Waals surface area (Å²) >= 11 is 0. The number of hydrogen-bond acceptors (Lipinski definition) is 9. The minimum atomic E-state index is -1.42. The Morgan fingerprint density at radius 2 is 1.67 bits per heavy atom. The van der Waals surface area contributed by atoms with Crippen LogP contribution in [0.1, 0.15) is 90.2 Å². The number of ether oxygens (including phenoxy) is 2. The number of carbonyl (C=O) groups excluding carboxylic acids is 2. The second-order valence-corrected chi connectivity index (χ2v) is 9.18. The zero-order valence-electron chi connectivity index (χ0n) is 21.1. The van der Waals surface area contributed by atoms with Gasteiger partial charge in [-0.3, -0.25) is 14.2 Å². The van der Waals surface area contributed by atoms with E-state index < -0.39 is 48.7 Å². The molecule has 1 saturated heterocycles. The number of rotatable bonds is 17. The first-order valence-corrected chi connectivity index (χ1v) is 13.0. The number of unbranched alkanes of at least 4 members (excludes halogenated alkanes) is 9. The van der Waals surface area contributed by atoms with Gasteiger partial charge in [-0.15, -0.1) is 0 Å². The van der Waals surface area contributed by atoms with Gasteiger partial charge < -0.3 is 30.1 Å². The first-order valence-electron chi connectivity index (χ1n) is 13.0. The lowest BCUT2D eigenvalue weighted by atomic mass is 10.1. The lowest BCUT2D eigenvalue weighted by molar-refractivity contribution is -0.144. The number of aliphatic hydroxyl groups is 3. The Balaban J connectivity index is 1.60. The van der Waals surface area contributed by atoms with Crippen molar-refractivity contribution in [2.24, 2.45) is 0 Å². The van der Waals surface area contributed by atoms with Crippen molar-refractivity contribution in [3.63, 3.8) is 0 Å². The molecule has 1 aromatic rings. The summed E-state index contributed by atoms with van der Waals surface area (Å²) in [5.41, 5.74) is -0.821. The van der Waals surface area contributed by atoms with Crippen molar-refractivity contribution in [2.75, 3.05) is 18.5 Å². The zero-order chi connectivity index (χ0) is 26.3. The molecule has 4 atom stereocenters. The van der Waals surface area contributed by atoms with Crippen molar-refractivity contribution in [2.45, 2.75) is 109 Å². The molecule has 11 heteroatoms. The lowest BCUT2D eigenvalue weighted by Crippen LogP contribution is -2.36. The quantitative estimate of drug-likeness (QED) is 0.181. The molecule has 0 spiro atoms. The van der Waals surface area contributed by atoms with Gasteiger partial charge in [-0.1, -0.05) is 64.7 Å². The molecular formula is C25H41N3O8. The summed E-state index contributed by atoms with van der Waals surface area (Å²) in [6.07, 6.45) is 7.98. The zero-order valence-corrected chi connectivity index (χ0v) is 21.1. The molecule has 1 fully saturated rings. The van der Waals surface area contributed by atoms with Gasteiger partial charge >= 0.3 is 11.7 Å². The molecule has 2 heterocycles. The Hall–Kier alpha value is -2.34. The molecule has 1 amide bonds. The van der Waals surface area contributed by atoms with E-state index in [4.69, 9.17) is 14.6 Å². The molecular weight excluding hydrogens is 470 g/mol. The molecule has 4 N–H and O–H groups in total. The van der Waals surface area contributed by atoms with Crippen molar-refractivity contribution in [1.29, 1.82) is 0 Å². The van der Waals surface area contributed by atoms with Crippen LogP contribution in [-0.4, -0.2) is 68.3 Å². The maximum Gasteiger partial charge on any atom is 0.351 e. The Morgan fingerprint density at radius 1 is 1.03 bits per heavy atom. The number of hydrogen-bond donors (Lipinski definition) is 4. The number of aromatic nitrogens is 2. The van der Waals surface area contributed by atoms with Gasteiger partial charge in [0.05, 0.1) is 19.6 Å². The first-order chi connectivity index (χ1) is 17.4. The Morgan fingerprint density at radius 3 is 2.25 bits per heavy atom. The molecule has 0 aromatic carbocycles. The normalized spacial score (nSPS) is 21.4. The fourth-order valence-corrected chi connectivity index (χ4v) is 4.05. The van der Waals surface area contributed by atoms with E-state index in [-0.39, 0.29) is 18.7 Å². The third-order valence-electron chi connectivity index (χ3n) is 6.21. The second kappa shape index (κ2) is 16.4. The van der Waals surface area contributed by atoms with Gasteiger partial charge in [0.25, 0.3) is 0 Å². The van der Waals surface area contributed by atoms with E-state index in [1.165, 1.54) is 57.2 Å². The van der Waals surface area contributed by atoms with E-state index in [1.807, 2.05) is 0 Å². The highest BCUT2D eigenvalue weighted by atomic mass is 16.6. The summed E-state index contributed by atoms with van der Waals surface area (Å²) < 4.78 is 11.4. The highest BCUT2D eigenvalue weighted by molar-refractivity contribution is 5.91. The smallest absolute Gasteiger partial charge is 0.351 e. The Labute approximate surface area is 211 Å². The average molecular weight is 512 g/mol. The molecule has 1 aliphatic rings. The summed E-state index contributed by atoms with van der Waals surface area (Å²) in [6, 6.07) is 1.33. The van der Waals surface area contributed by atoms with Crippen LogP contribution < -0.4 is 11.0 Å². The topological polar surface area (TPSA) is 160 Å². The second-order valence-electron chi connectivity index (χ2n) is 9.18. The predicted molar refractivity (Wildman–Crippen MR) is 132 cm³/mol. The van der Waals surface area contributed by atoms with Crippen LogP contribution in [0.5, 0.6) is 0 Å². The summed E-state index contributed by atoms with van der Waals surface area (Å²) in [4.78, 5) is 40.0. The van der Waals surface area contributed by atoms with Crippen LogP contribution in [0.25, 0.3) is 0 Å². The number of nitrogens with one attached hydrogen (secondary N) is 1. The van der Waals surface area contributed by atoms with Crippen molar-refractivity contribution in [3.8, 4) is 0 Å². The third-order valence-corrected chi connectivity index (χ3v) is 6.21. The van der Waals surface area contributed by atoms with E-state index in [0.717, 1.165) is 23.8 Å². The first kappa shape index (κ1) is 29.9. The Kier molecular flexibility index (Phi) is 13.6. The molecule has 0 unspecified atom stereocenters. The van der Waals surface area contributed by atoms with E-state index in [9.17, 15) is 24.6 Å². The van der Waals surface area contributed by atoms with Crippen molar-refractivity contribution < 1.29 is 34.4 Å². The SMILES string of the molecule is CCCCCCCCCCCCOC(=O)CCC(=O)Nc1ccn([C@@H]2O[C@H](CO)[C@@H](O)[C@@H]2O)c(=O)n1. The van der Waals surface area contributed by atoms with Crippen LogP contribution in [0, 0.1) is 0 Å². The molecule has 1 aromatic heterocycles. The van der Waals surface area contributed by atoms with Crippen LogP contribution in [0.3, 0.4) is 0 Å². The minimum absolute atomic E-state index is 0.0216. The molecule has 204 valence electrons. The van der Waals surface area contributed by atoms with Crippen molar-refractivity contribution in [3.05, 3.63) is 22.7 Å². The van der Waals surface area contributed by atoms with Crippen LogP contribution in [0.2, 0.25) is 0 Å². The van der Waals surface area contributed by atoms with E-state index >= 15 is 0 Å². The number of amides is 1. The van der Waals surface area contributed by atoms with Crippen LogP contribution in [0.15, 0.2) is 17.1 Å². The standard InChI is InChI=1S/C25H41N3O8/c1-2-3-4-5-6-7-8-9-10-11-16-35-21(31)13-12-20(30)26-19-14-15-28(25(34)27-19)24-23(33)22(32)18(17-29)36-24/h14-15,18,22-24,29,32-33H,2-13,16-17H2,1H3,(H,26,27,30,34)/t18-,22-,23+,24-/m1/s1. The highest BCUT2D eigenvalue weighted by Gasteiger charge is 2.43. The summed E-state index contributed by atoms with van der Waals surface area (Å²) in [7, 11) is 0. The predicted octanol–water partition coefficient (Wildman–Crippen LogP) is 2.04. The average Bonchev–Trinajstić information content (AvgIpc) is 3.14. The molecule has 1 aliphatic heterocycles. The number of nitrogens with zero attached hydrogens (tertiary/aromatic N) is 2. The third kappa shape index (κ3) is 9.96.